The zero-order valence-electron chi connectivity index (χ0n) is 10.6. The van der Waals surface area contributed by atoms with E-state index in [1.54, 1.807) is 0 Å². The van der Waals surface area contributed by atoms with E-state index >= 15 is 0 Å². The molecule has 1 heterocycles. The van der Waals surface area contributed by atoms with E-state index in [1.807, 2.05) is 0 Å². The third kappa shape index (κ3) is 2.06. The van der Waals surface area contributed by atoms with Gasteiger partial charge in [-0.25, -0.2) is 4.79 Å². The van der Waals surface area contributed by atoms with E-state index in [-0.39, 0.29) is 0 Å². The second-order valence-electron chi connectivity index (χ2n) is 4.56. The van der Waals surface area contributed by atoms with Crippen LogP contribution in [-0.2, 0) is 4.79 Å². The Balaban J connectivity index is 3.89. The van der Waals surface area contributed by atoms with Gasteiger partial charge in [-0.1, -0.05) is 0 Å². The maximum Gasteiger partial charge on any atom is 0.419 e. The smallest absolute Gasteiger partial charge is 0.419 e. The molecule has 0 aromatic heterocycles. The number of rotatable bonds is 3. The number of carboxylic acids is 1. The molecule has 1 aliphatic rings. The van der Waals surface area contributed by atoms with Crippen LogP contribution in [0.3, 0.4) is 0 Å². The van der Waals surface area contributed by atoms with Crippen molar-refractivity contribution in [1.82, 2.24) is 4.90 Å². The Morgan fingerprint density at radius 1 is 0.680 bits per heavy atom. The Hall–Kier alpha value is -1.55. The normalized spacial score (nSPS) is 27.8. The van der Waals surface area contributed by atoms with E-state index < -0.39 is 52.7 Å². The molecular formula is C8HF14NO2. The Bertz CT molecular complexity index is 553. The van der Waals surface area contributed by atoms with Gasteiger partial charge in [-0.05, 0) is 0 Å². The minimum Gasteiger partial charge on any atom is -0.477 e. The SMILES string of the molecule is O=C(O)C(F)(F)C(F)(F)N1C(F)(F)C(F)(F)C(F)(F)C(F)(F)C1(F)F. The van der Waals surface area contributed by atoms with Crippen molar-refractivity contribution in [3.63, 3.8) is 0 Å². The molecule has 0 atom stereocenters. The molecule has 17 heteroatoms. The molecule has 0 aromatic carbocycles. The summed E-state index contributed by atoms with van der Waals surface area (Å²) >= 11 is 0. The average molecular weight is 409 g/mol. The van der Waals surface area contributed by atoms with Gasteiger partial charge in [-0.3, -0.25) is 0 Å². The van der Waals surface area contributed by atoms with Crippen molar-refractivity contribution < 1.29 is 71.4 Å². The van der Waals surface area contributed by atoms with Crippen molar-refractivity contribution in [2.45, 2.75) is 41.8 Å². The summed E-state index contributed by atoms with van der Waals surface area (Å²) < 4.78 is 182. The van der Waals surface area contributed by atoms with Crippen LogP contribution in [-0.4, -0.2) is 57.8 Å². The van der Waals surface area contributed by atoms with Gasteiger partial charge in [-0.15, -0.1) is 4.90 Å². The highest BCUT2D eigenvalue weighted by molar-refractivity contribution is 5.76. The summed E-state index contributed by atoms with van der Waals surface area (Å²) in [4.78, 5) is 5.70. The monoisotopic (exact) mass is 409 g/mol. The average Bonchev–Trinajstić information content (AvgIpc) is 2.34. The largest absolute Gasteiger partial charge is 0.477 e. The second-order valence-corrected chi connectivity index (χ2v) is 4.56. The van der Waals surface area contributed by atoms with E-state index in [9.17, 15) is 66.3 Å². The number of nitrogens with zero attached hydrogens (tertiary/aromatic N) is 1. The molecule has 0 radical (unpaired) electrons. The van der Waals surface area contributed by atoms with Gasteiger partial charge in [0.25, 0.3) is 0 Å². The maximum absolute atomic E-state index is 13.2. The van der Waals surface area contributed by atoms with Crippen molar-refractivity contribution in [2.75, 3.05) is 0 Å². The number of carboxylic acid groups (broad SMARTS) is 1. The number of aliphatic carboxylic acids is 1. The van der Waals surface area contributed by atoms with Crippen LogP contribution >= 0.6 is 0 Å². The van der Waals surface area contributed by atoms with Gasteiger partial charge in [0, 0.05) is 0 Å². The molecule has 1 rings (SSSR count). The highest BCUT2D eigenvalue weighted by Crippen LogP contribution is 2.67. The second kappa shape index (κ2) is 4.79. The Morgan fingerprint density at radius 3 is 1.20 bits per heavy atom. The fourth-order valence-electron chi connectivity index (χ4n) is 1.65. The third-order valence-electron chi connectivity index (χ3n) is 3.03. The van der Waals surface area contributed by atoms with Crippen molar-refractivity contribution in [3.05, 3.63) is 0 Å². The molecule has 1 saturated heterocycles. The van der Waals surface area contributed by atoms with Gasteiger partial charge in [0.05, 0.1) is 0 Å². The zero-order chi connectivity index (χ0) is 20.7. The molecule has 0 saturated carbocycles. The zero-order valence-corrected chi connectivity index (χ0v) is 10.6. The quantitative estimate of drug-likeness (QED) is 0.571. The van der Waals surface area contributed by atoms with E-state index in [1.165, 1.54) is 0 Å². The summed E-state index contributed by atoms with van der Waals surface area (Å²) in [6.07, 6.45) is 0. The first kappa shape index (κ1) is 21.5. The van der Waals surface area contributed by atoms with E-state index in [0.717, 1.165) is 0 Å². The number of piperidine rings is 1. The standard InChI is InChI=1S/C8HF14NO2/c9-2(10,1(24)25)6(17,18)23-7(19,20)4(13,14)3(11,12)5(15,16)8(23,21)22/h(H,24,25). The maximum atomic E-state index is 13.2. The lowest BCUT2D eigenvalue weighted by Gasteiger charge is -2.53. The lowest BCUT2D eigenvalue weighted by atomic mass is 9.92. The molecule has 1 N–H and O–H groups in total. The van der Waals surface area contributed by atoms with Crippen LogP contribution in [0.15, 0.2) is 0 Å². The Morgan fingerprint density at radius 2 is 0.960 bits per heavy atom. The van der Waals surface area contributed by atoms with Gasteiger partial charge in [-0.2, -0.15) is 61.5 Å². The van der Waals surface area contributed by atoms with Crippen LogP contribution in [0.5, 0.6) is 0 Å². The molecular weight excluding hydrogens is 408 g/mol. The summed E-state index contributed by atoms with van der Waals surface area (Å²) in [6.45, 7) is 0. The molecule has 0 bridgehead atoms. The predicted molar refractivity (Wildman–Crippen MR) is 44.1 cm³/mol. The lowest BCUT2D eigenvalue weighted by Crippen LogP contribution is -2.85. The minimum absolute atomic E-state index is 4.17. The van der Waals surface area contributed by atoms with Crippen LogP contribution in [0.1, 0.15) is 0 Å². The minimum atomic E-state index is -7.73. The topological polar surface area (TPSA) is 40.5 Å². The first-order valence-corrected chi connectivity index (χ1v) is 5.24. The molecule has 0 amide bonds. The third-order valence-corrected chi connectivity index (χ3v) is 3.03. The molecule has 1 fully saturated rings. The Labute approximate surface area is 125 Å². The summed E-state index contributed by atoms with van der Waals surface area (Å²) in [5, 5.41) is 7.74. The molecule has 0 aromatic rings. The fraction of sp³-hybridized carbons (Fsp3) is 0.875. The molecule has 148 valence electrons. The van der Waals surface area contributed by atoms with Crippen molar-refractivity contribution in [1.29, 1.82) is 0 Å². The number of likely N-dealkylation sites (tertiary alicyclic amines) is 1. The van der Waals surface area contributed by atoms with E-state index in [0.29, 0.717) is 0 Å². The number of halogens is 14. The number of hydrogen-bond acceptors (Lipinski definition) is 2. The van der Waals surface area contributed by atoms with Crippen LogP contribution in [0.2, 0.25) is 0 Å². The number of hydrogen-bond donors (Lipinski definition) is 1. The fourth-order valence-corrected chi connectivity index (χ4v) is 1.65. The molecule has 3 nitrogen and oxygen atoms in total. The van der Waals surface area contributed by atoms with Crippen LogP contribution in [0.25, 0.3) is 0 Å². The lowest BCUT2D eigenvalue weighted by molar-refractivity contribution is -0.544. The summed E-state index contributed by atoms with van der Waals surface area (Å²) in [7, 11) is 0. The highest BCUT2D eigenvalue weighted by atomic mass is 19.4. The first-order valence-electron chi connectivity index (χ1n) is 5.24. The number of alkyl halides is 14. The predicted octanol–water partition coefficient (Wildman–Crippen LogP) is 3.71. The summed E-state index contributed by atoms with van der Waals surface area (Å²) in [5.41, 5.74) is 0. The molecule has 0 aliphatic carbocycles. The molecule has 1 aliphatic heterocycles. The van der Waals surface area contributed by atoms with Crippen LogP contribution < -0.4 is 0 Å². The summed E-state index contributed by atoms with van der Waals surface area (Å²) in [6, 6.07) is -23.1. The van der Waals surface area contributed by atoms with Gasteiger partial charge in [0.1, 0.15) is 0 Å². The Kier molecular flexibility index (Phi) is 4.12. The van der Waals surface area contributed by atoms with E-state index in [4.69, 9.17) is 5.11 Å². The molecule has 25 heavy (non-hydrogen) atoms. The first-order chi connectivity index (χ1) is 10.6. The van der Waals surface area contributed by atoms with Gasteiger partial charge in [0.15, 0.2) is 0 Å². The molecule has 0 spiro atoms. The van der Waals surface area contributed by atoms with Gasteiger partial charge < -0.3 is 5.11 Å². The summed E-state index contributed by atoms with van der Waals surface area (Å²) in [5.74, 6) is -34.4. The number of carbonyl (C=O) groups is 1. The highest BCUT2D eigenvalue weighted by Gasteiger charge is 2.99. The van der Waals surface area contributed by atoms with Gasteiger partial charge >= 0.3 is 47.8 Å². The van der Waals surface area contributed by atoms with Gasteiger partial charge in [0.2, 0.25) is 0 Å². The van der Waals surface area contributed by atoms with Crippen molar-refractivity contribution in [3.8, 4) is 0 Å². The van der Waals surface area contributed by atoms with Crippen molar-refractivity contribution in [2.24, 2.45) is 0 Å². The van der Waals surface area contributed by atoms with E-state index in [2.05, 4.69) is 0 Å². The van der Waals surface area contributed by atoms with Crippen molar-refractivity contribution >= 4 is 5.97 Å². The van der Waals surface area contributed by atoms with Crippen LogP contribution in [0, 0.1) is 0 Å². The molecule has 0 unspecified atom stereocenters. The van der Waals surface area contributed by atoms with Crippen LogP contribution in [0.4, 0.5) is 61.5 Å².